The van der Waals surface area contributed by atoms with Crippen LogP contribution in [0.5, 0.6) is 0 Å². The lowest BCUT2D eigenvalue weighted by Crippen LogP contribution is -2.45. The third-order valence-corrected chi connectivity index (χ3v) is 3.30. The fraction of sp³-hybridized carbons (Fsp3) is 0.385. The molecule has 5 nitrogen and oxygen atoms in total. The van der Waals surface area contributed by atoms with Gasteiger partial charge in [-0.15, -0.1) is 0 Å². The highest BCUT2D eigenvalue weighted by molar-refractivity contribution is 5.96. The third-order valence-electron chi connectivity index (χ3n) is 3.30. The van der Waals surface area contributed by atoms with Crippen LogP contribution in [0.2, 0.25) is 0 Å². The first-order chi connectivity index (χ1) is 8.83. The molecule has 1 fully saturated rings. The molecular weight excluding hydrogens is 228 g/mol. The molecule has 2 aromatic rings. The maximum absolute atomic E-state index is 12.1. The second-order valence-electron chi connectivity index (χ2n) is 4.62. The number of aromatic nitrogens is 2. The zero-order valence-corrected chi connectivity index (χ0v) is 10.1. The van der Waals surface area contributed by atoms with Crippen LogP contribution in [0, 0.1) is 0 Å². The lowest BCUT2D eigenvalue weighted by molar-refractivity contribution is 0.0750. The summed E-state index contributed by atoms with van der Waals surface area (Å²) < 4.78 is 0. The number of piperidine rings is 1. The summed E-state index contributed by atoms with van der Waals surface area (Å²) in [6.45, 7) is 1.89. The smallest absolute Gasteiger partial charge is 0.265 e. The fourth-order valence-corrected chi connectivity index (χ4v) is 2.29. The van der Waals surface area contributed by atoms with Gasteiger partial charge >= 0.3 is 0 Å². The number of rotatable bonds is 2. The number of imidazole rings is 1. The maximum atomic E-state index is 12.1. The number of H-pyrrole nitrogens is 1. The Balaban J connectivity index is 1.74. The van der Waals surface area contributed by atoms with Crippen molar-refractivity contribution in [3.05, 3.63) is 30.1 Å². The third kappa shape index (κ3) is 2.22. The zero-order valence-electron chi connectivity index (χ0n) is 10.1. The van der Waals surface area contributed by atoms with Crippen molar-refractivity contribution in [2.24, 2.45) is 0 Å². The van der Waals surface area contributed by atoms with Crippen LogP contribution in [0.15, 0.2) is 24.5 Å². The summed E-state index contributed by atoms with van der Waals surface area (Å²) in [6, 6.07) is 5.50. The van der Waals surface area contributed by atoms with E-state index < -0.39 is 0 Å². The molecule has 0 saturated carbocycles. The van der Waals surface area contributed by atoms with Gasteiger partial charge < -0.3 is 4.98 Å². The van der Waals surface area contributed by atoms with Crippen LogP contribution in [-0.4, -0.2) is 34.0 Å². The van der Waals surface area contributed by atoms with E-state index in [4.69, 9.17) is 0 Å². The van der Waals surface area contributed by atoms with Crippen LogP contribution in [0.3, 0.4) is 0 Å². The largest absolute Gasteiger partial charge is 0.345 e. The molecule has 1 aliphatic rings. The van der Waals surface area contributed by atoms with E-state index in [1.54, 1.807) is 6.33 Å². The van der Waals surface area contributed by atoms with Gasteiger partial charge in [0.25, 0.3) is 5.91 Å². The van der Waals surface area contributed by atoms with E-state index in [9.17, 15) is 4.79 Å². The molecule has 0 aliphatic carbocycles. The minimum Gasteiger partial charge on any atom is -0.345 e. The van der Waals surface area contributed by atoms with E-state index in [2.05, 4.69) is 15.4 Å². The summed E-state index contributed by atoms with van der Waals surface area (Å²) in [5.74, 6) is -0.0478. The van der Waals surface area contributed by atoms with Crippen molar-refractivity contribution in [2.75, 3.05) is 13.1 Å². The number of hydrogen-bond donors (Lipinski definition) is 2. The number of carbonyl (C=O) groups excluding carboxylic acids is 1. The predicted molar refractivity (Wildman–Crippen MR) is 69.0 cm³/mol. The Labute approximate surface area is 105 Å². The van der Waals surface area contributed by atoms with E-state index in [0.717, 1.165) is 37.0 Å². The molecule has 1 aromatic heterocycles. The molecule has 94 valence electrons. The Morgan fingerprint density at radius 3 is 2.94 bits per heavy atom. The molecule has 0 unspecified atom stereocenters. The Hall–Kier alpha value is -1.88. The average Bonchev–Trinajstić information content (AvgIpc) is 2.87. The Kier molecular flexibility index (Phi) is 2.98. The number of benzene rings is 1. The van der Waals surface area contributed by atoms with Crippen LogP contribution < -0.4 is 5.43 Å². The molecule has 0 spiro atoms. The average molecular weight is 244 g/mol. The van der Waals surface area contributed by atoms with Gasteiger partial charge in [-0.1, -0.05) is 6.42 Å². The van der Waals surface area contributed by atoms with Gasteiger partial charge in [0.05, 0.1) is 17.4 Å². The summed E-state index contributed by atoms with van der Waals surface area (Å²) in [4.78, 5) is 19.2. The standard InChI is InChI=1S/C13H16N4O/c18-13(16-17-6-2-1-3-7-17)10-4-5-11-12(8-10)15-9-14-11/h4-5,8-9H,1-3,6-7H2,(H,14,15)(H,16,18). The van der Waals surface area contributed by atoms with Crippen molar-refractivity contribution < 1.29 is 4.79 Å². The Bertz CT molecular complexity index is 557. The van der Waals surface area contributed by atoms with Crippen LogP contribution in [-0.2, 0) is 0 Å². The molecule has 3 rings (SSSR count). The second kappa shape index (κ2) is 4.78. The van der Waals surface area contributed by atoms with E-state index in [1.807, 2.05) is 23.2 Å². The van der Waals surface area contributed by atoms with Crippen molar-refractivity contribution >= 4 is 16.9 Å². The molecule has 1 aromatic carbocycles. The van der Waals surface area contributed by atoms with Gasteiger partial charge in [0.1, 0.15) is 0 Å². The molecule has 18 heavy (non-hydrogen) atoms. The van der Waals surface area contributed by atoms with Crippen molar-refractivity contribution in [3.63, 3.8) is 0 Å². The summed E-state index contributed by atoms with van der Waals surface area (Å²) in [6.07, 6.45) is 5.20. The minimum absolute atomic E-state index is 0.0478. The summed E-state index contributed by atoms with van der Waals surface area (Å²) in [7, 11) is 0. The van der Waals surface area contributed by atoms with Crippen molar-refractivity contribution in [1.82, 2.24) is 20.4 Å². The molecule has 2 heterocycles. The van der Waals surface area contributed by atoms with E-state index in [1.165, 1.54) is 6.42 Å². The van der Waals surface area contributed by atoms with Gasteiger partial charge in [-0.3, -0.25) is 10.2 Å². The van der Waals surface area contributed by atoms with E-state index in [-0.39, 0.29) is 5.91 Å². The fourth-order valence-electron chi connectivity index (χ4n) is 2.29. The predicted octanol–water partition coefficient (Wildman–Crippen LogP) is 1.69. The van der Waals surface area contributed by atoms with Gasteiger partial charge in [-0.2, -0.15) is 0 Å². The molecule has 5 heteroatoms. The molecule has 0 radical (unpaired) electrons. The number of nitrogens with one attached hydrogen (secondary N) is 2. The minimum atomic E-state index is -0.0478. The highest BCUT2D eigenvalue weighted by atomic mass is 16.2. The lowest BCUT2D eigenvalue weighted by atomic mass is 10.1. The maximum Gasteiger partial charge on any atom is 0.265 e. The highest BCUT2D eigenvalue weighted by Gasteiger charge is 2.14. The Morgan fingerprint density at radius 2 is 2.11 bits per heavy atom. The molecule has 0 atom stereocenters. The first kappa shape index (κ1) is 11.2. The Morgan fingerprint density at radius 1 is 1.28 bits per heavy atom. The quantitative estimate of drug-likeness (QED) is 0.845. The number of amides is 1. The lowest BCUT2D eigenvalue weighted by Gasteiger charge is -2.26. The van der Waals surface area contributed by atoms with Gasteiger partial charge in [0.2, 0.25) is 0 Å². The number of carbonyl (C=O) groups is 1. The van der Waals surface area contributed by atoms with Gasteiger partial charge in [0, 0.05) is 18.7 Å². The van der Waals surface area contributed by atoms with E-state index >= 15 is 0 Å². The highest BCUT2D eigenvalue weighted by Crippen LogP contribution is 2.12. The van der Waals surface area contributed by atoms with Gasteiger partial charge in [0.15, 0.2) is 0 Å². The van der Waals surface area contributed by atoms with Crippen molar-refractivity contribution in [2.45, 2.75) is 19.3 Å². The molecular formula is C13H16N4O. The van der Waals surface area contributed by atoms with Crippen LogP contribution in [0.1, 0.15) is 29.6 Å². The first-order valence-electron chi connectivity index (χ1n) is 6.32. The number of hydrazine groups is 1. The second-order valence-corrected chi connectivity index (χ2v) is 4.62. The molecule has 2 N–H and O–H groups in total. The molecule has 1 amide bonds. The number of fused-ring (bicyclic) bond motifs is 1. The molecule has 0 bridgehead atoms. The summed E-state index contributed by atoms with van der Waals surface area (Å²) in [5.41, 5.74) is 5.39. The summed E-state index contributed by atoms with van der Waals surface area (Å²) >= 11 is 0. The number of hydrogen-bond acceptors (Lipinski definition) is 3. The SMILES string of the molecule is O=C(NN1CCCCC1)c1ccc2nc[nH]c2c1. The normalized spacial score (nSPS) is 16.9. The number of aromatic amines is 1. The van der Waals surface area contributed by atoms with Gasteiger partial charge in [-0.05, 0) is 31.0 Å². The number of nitrogens with zero attached hydrogens (tertiary/aromatic N) is 2. The van der Waals surface area contributed by atoms with Crippen molar-refractivity contribution in [1.29, 1.82) is 0 Å². The topological polar surface area (TPSA) is 61.0 Å². The monoisotopic (exact) mass is 244 g/mol. The van der Waals surface area contributed by atoms with Crippen LogP contribution in [0.25, 0.3) is 11.0 Å². The van der Waals surface area contributed by atoms with Crippen LogP contribution >= 0.6 is 0 Å². The first-order valence-corrected chi connectivity index (χ1v) is 6.32. The molecule has 1 aliphatic heterocycles. The zero-order chi connectivity index (χ0) is 12.4. The summed E-state index contributed by atoms with van der Waals surface area (Å²) in [5, 5.41) is 2.00. The molecule has 1 saturated heterocycles. The van der Waals surface area contributed by atoms with Crippen LogP contribution in [0.4, 0.5) is 0 Å². The van der Waals surface area contributed by atoms with Gasteiger partial charge in [-0.25, -0.2) is 9.99 Å². The van der Waals surface area contributed by atoms with Crippen molar-refractivity contribution in [3.8, 4) is 0 Å². The van der Waals surface area contributed by atoms with E-state index in [0.29, 0.717) is 5.56 Å².